The molecule has 4 aliphatic rings. The summed E-state index contributed by atoms with van der Waals surface area (Å²) in [6.07, 6.45) is 21.9. The maximum absolute atomic E-state index is 4.73. The summed E-state index contributed by atoms with van der Waals surface area (Å²) in [6.45, 7) is 22.5. The van der Waals surface area contributed by atoms with Crippen LogP contribution in [0, 0.1) is 30.6 Å². The van der Waals surface area contributed by atoms with Crippen molar-refractivity contribution in [3.05, 3.63) is 131 Å². The van der Waals surface area contributed by atoms with Crippen LogP contribution in [0.3, 0.4) is 0 Å². The third-order valence-corrected chi connectivity index (χ3v) is 8.88. The normalized spacial score (nSPS) is 27.7. The number of benzene rings is 1. The largest absolute Gasteiger partial charge is 0.0995 e. The second-order valence-electron chi connectivity index (χ2n) is 11.7. The number of allylic oxidation sites excluding steroid dienone is 15. The van der Waals surface area contributed by atoms with Gasteiger partial charge in [0.15, 0.2) is 0 Å². The molecule has 1 fully saturated rings. The third kappa shape index (κ3) is 4.79. The molecule has 0 aliphatic heterocycles. The van der Waals surface area contributed by atoms with Crippen LogP contribution >= 0.6 is 0 Å². The molecule has 190 valence electrons. The minimum atomic E-state index is 0.411. The third-order valence-electron chi connectivity index (χ3n) is 8.88. The first-order valence-electron chi connectivity index (χ1n) is 14.1. The Morgan fingerprint density at radius 1 is 1.08 bits per heavy atom. The molecule has 0 amide bonds. The van der Waals surface area contributed by atoms with Crippen molar-refractivity contribution >= 4 is 11.1 Å². The summed E-state index contributed by atoms with van der Waals surface area (Å²) in [4.78, 5) is 0. The smallest absolute Gasteiger partial charge is 0.0120 e. The molecule has 0 bridgehead atoms. The standard InChI is InChI=1S/C37H42/c1-8-11-25(5)35-26(6)19-32-22-31(27(7)36(32)37(35)29-12-9-10-13-29)21-28-15-16-30(20-28)33-17-14-24(4)18-34(33)23(2)3/h9-10,12,14-19,21,26,35-37H,2,5,7-8,11,13,20,22H2,1,3-4,6H3. The van der Waals surface area contributed by atoms with Gasteiger partial charge in [0.05, 0.1) is 0 Å². The van der Waals surface area contributed by atoms with Crippen LogP contribution in [-0.2, 0) is 0 Å². The number of fused-ring (bicyclic) bond motifs is 1. The fourth-order valence-corrected chi connectivity index (χ4v) is 7.21. The van der Waals surface area contributed by atoms with Crippen molar-refractivity contribution in [1.29, 1.82) is 0 Å². The lowest BCUT2D eigenvalue weighted by atomic mass is 9.62. The molecule has 0 heteroatoms. The Morgan fingerprint density at radius 3 is 2.59 bits per heavy atom. The van der Waals surface area contributed by atoms with E-state index in [1.807, 2.05) is 0 Å². The summed E-state index contributed by atoms with van der Waals surface area (Å²) in [5, 5.41) is 0. The highest BCUT2D eigenvalue weighted by Gasteiger charge is 2.45. The van der Waals surface area contributed by atoms with Crippen LogP contribution in [0.5, 0.6) is 0 Å². The molecule has 0 spiro atoms. The van der Waals surface area contributed by atoms with Crippen molar-refractivity contribution in [1.82, 2.24) is 0 Å². The van der Waals surface area contributed by atoms with Gasteiger partial charge in [-0.15, -0.1) is 0 Å². The van der Waals surface area contributed by atoms with E-state index in [0.29, 0.717) is 23.7 Å². The van der Waals surface area contributed by atoms with Gasteiger partial charge in [0.25, 0.3) is 0 Å². The Kier molecular flexibility index (Phi) is 7.13. The average molecular weight is 487 g/mol. The molecule has 4 aliphatic carbocycles. The Balaban J connectivity index is 1.41. The average Bonchev–Trinajstić information content (AvgIpc) is 3.60. The highest BCUT2D eigenvalue weighted by molar-refractivity contribution is 5.82. The lowest BCUT2D eigenvalue weighted by Crippen LogP contribution is -2.34. The molecule has 5 rings (SSSR count). The van der Waals surface area contributed by atoms with Gasteiger partial charge in [0, 0.05) is 5.92 Å². The highest BCUT2D eigenvalue weighted by Crippen LogP contribution is 2.56. The molecule has 0 aromatic heterocycles. The van der Waals surface area contributed by atoms with Gasteiger partial charge in [-0.2, -0.15) is 0 Å². The van der Waals surface area contributed by atoms with Crippen LogP contribution in [0.2, 0.25) is 0 Å². The molecule has 37 heavy (non-hydrogen) atoms. The summed E-state index contributed by atoms with van der Waals surface area (Å²) in [6, 6.07) is 6.75. The number of hydrogen-bond acceptors (Lipinski definition) is 0. The Hall–Kier alpha value is -3.12. The van der Waals surface area contributed by atoms with E-state index in [2.05, 4.69) is 102 Å². The first-order valence-corrected chi connectivity index (χ1v) is 14.1. The molecule has 0 N–H and O–H groups in total. The summed E-state index contributed by atoms with van der Waals surface area (Å²) in [5.41, 5.74) is 15.1. The van der Waals surface area contributed by atoms with Crippen molar-refractivity contribution < 1.29 is 0 Å². The van der Waals surface area contributed by atoms with Gasteiger partial charge < -0.3 is 0 Å². The van der Waals surface area contributed by atoms with Crippen molar-refractivity contribution in [2.75, 3.05) is 0 Å². The quantitative estimate of drug-likeness (QED) is 0.336. The highest BCUT2D eigenvalue weighted by atomic mass is 14.5. The molecule has 0 nitrogen and oxygen atoms in total. The van der Waals surface area contributed by atoms with E-state index in [1.54, 1.807) is 11.1 Å². The molecule has 4 unspecified atom stereocenters. The summed E-state index contributed by atoms with van der Waals surface area (Å²) < 4.78 is 0. The maximum atomic E-state index is 4.73. The van der Waals surface area contributed by atoms with Crippen molar-refractivity contribution in [3.63, 3.8) is 0 Å². The van der Waals surface area contributed by atoms with Crippen LogP contribution < -0.4 is 0 Å². The summed E-state index contributed by atoms with van der Waals surface area (Å²) >= 11 is 0. The van der Waals surface area contributed by atoms with Gasteiger partial charge in [-0.3, -0.25) is 0 Å². The van der Waals surface area contributed by atoms with E-state index in [4.69, 9.17) is 6.58 Å². The van der Waals surface area contributed by atoms with Gasteiger partial charge in [0.2, 0.25) is 0 Å². The monoisotopic (exact) mass is 486 g/mol. The minimum Gasteiger partial charge on any atom is -0.0995 e. The summed E-state index contributed by atoms with van der Waals surface area (Å²) in [5.74, 6) is 1.91. The van der Waals surface area contributed by atoms with Gasteiger partial charge in [-0.1, -0.05) is 129 Å². The zero-order chi connectivity index (χ0) is 26.3. The molecular formula is C37H42. The van der Waals surface area contributed by atoms with Crippen LogP contribution in [0.15, 0.2) is 114 Å². The van der Waals surface area contributed by atoms with Crippen LogP contribution in [-0.4, -0.2) is 0 Å². The molecule has 1 aromatic rings. The first kappa shape index (κ1) is 25.5. The molecule has 1 saturated carbocycles. The van der Waals surface area contributed by atoms with Crippen LogP contribution in [0.25, 0.3) is 11.1 Å². The Bertz CT molecular complexity index is 1340. The predicted octanol–water partition coefficient (Wildman–Crippen LogP) is 10.3. The fourth-order valence-electron chi connectivity index (χ4n) is 7.21. The molecule has 0 radical (unpaired) electrons. The van der Waals surface area contributed by atoms with Crippen LogP contribution in [0.4, 0.5) is 0 Å². The van der Waals surface area contributed by atoms with Gasteiger partial charge in [0.1, 0.15) is 0 Å². The minimum absolute atomic E-state index is 0.411. The lowest BCUT2D eigenvalue weighted by Gasteiger charge is -2.42. The molecule has 4 atom stereocenters. The number of aryl methyl sites for hydroxylation is 1. The number of rotatable bonds is 7. The molecule has 0 saturated heterocycles. The molecule has 0 heterocycles. The summed E-state index contributed by atoms with van der Waals surface area (Å²) in [7, 11) is 0. The van der Waals surface area contributed by atoms with E-state index < -0.39 is 0 Å². The zero-order valence-electron chi connectivity index (χ0n) is 23.2. The van der Waals surface area contributed by atoms with Crippen LogP contribution in [0.1, 0.15) is 69.6 Å². The molecular weight excluding hydrogens is 444 g/mol. The molecule has 1 aromatic carbocycles. The SMILES string of the molecule is C=C(C)c1cc(C)ccc1C1=CC=C(C=C2CC3=CC(C)C(C(=C)CCC)C(C4=CC=CC4)C3C2=C)C1. The van der Waals surface area contributed by atoms with Gasteiger partial charge in [-0.25, -0.2) is 0 Å². The zero-order valence-corrected chi connectivity index (χ0v) is 23.2. The second-order valence-corrected chi connectivity index (χ2v) is 11.7. The van der Waals surface area contributed by atoms with E-state index >= 15 is 0 Å². The van der Waals surface area contributed by atoms with Gasteiger partial charge in [-0.05, 0) is 90.7 Å². The van der Waals surface area contributed by atoms with E-state index in [9.17, 15) is 0 Å². The van der Waals surface area contributed by atoms with E-state index in [0.717, 1.165) is 37.7 Å². The topological polar surface area (TPSA) is 0 Å². The van der Waals surface area contributed by atoms with E-state index in [1.165, 1.54) is 44.6 Å². The predicted molar refractivity (Wildman–Crippen MR) is 162 cm³/mol. The lowest BCUT2D eigenvalue weighted by molar-refractivity contribution is 0.281. The van der Waals surface area contributed by atoms with E-state index in [-0.39, 0.29) is 0 Å². The fraction of sp³-hybridized carbons (Fsp3) is 0.351. The van der Waals surface area contributed by atoms with Crippen molar-refractivity contribution in [3.8, 4) is 0 Å². The first-order chi connectivity index (χ1) is 17.8. The van der Waals surface area contributed by atoms with Gasteiger partial charge >= 0.3 is 0 Å². The Labute approximate surface area is 225 Å². The van der Waals surface area contributed by atoms with Crippen molar-refractivity contribution in [2.24, 2.45) is 23.7 Å². The second kappa shape index (κ2) is 10.3. The number of hydrogen-bond donors (Lipinski definition) is 0. The maximum Gasteiger partial charge on any atom is 0.0120 e. The van der Waals surface area contributed by atoms with Crippen molar-refractivity contribution in [2.45, 2.75) is 59.8 Å². The Morgan fingerprint density at radius 2 is 1.89 bits per heavy atom.